The topological polar surface area (TPSA) is 27.7 Å². The molecular weight excluding hydrogens is 836 g/mol. The molecule has 0 N–H and O–H groups in total. The van der Waals surface area contributed by atoms with E-state index >= 15 is 0 Å². The van der Waals surface area contributed by atoms with E-state index in [4.69, 9.17) is 9.47 Å². The Morgan fingerprint density at radius 1 is 0.683 bits per heavy atom. The Hall–Kier alpha value is -0.990. The molecule has 348 valence electrons. The number of rotatable bonds is 26. The molecule has 0 heterocycles. The summed E-state index contributed by atoms with van der Waals surface area (Å²) in [5.41, 5.74) is -3.81. The molecule has 0 saturated heterocycles. The largest absolute Gasteiger partial charge is 0.494 e. The Balaban J connectivity index is 1.09. The fourth-order valence-electron chi connectivity index (χ4n) is 10.6. The van der Waals surface area contributed by atoms with Gasteiger partial charge in [-0.15, -0.1) is 0 Å². The first-order chi connectivity index (χ1) is 28.2. The molecule has 14 heteroatoms. The van der Waals surface area contributed by atoms with E-state index in [0.717, 1.165) is 68.4 Å². The zero-order valence-corrected chi connectivity index (χ0v) is 38.1. The maximum Gasteiger partial charge on any atom is 0.435 e. The molecule has 3 aliphatic carbocycles. The van der Waals surface area contributed by atoms with Crippen molar-refractivity contribution in [3.05, 3.63) is 29.3 Å². The second-order valence-electron chi connectivity index (χ2n) is 18.9. The number of alkyl halides is 9. The standard InChI is InChI=1S/C46H71F9O3S2/c1-32(2)29-34(30-33(3)4)15-10-6-8-12-27-59-60-28-13-9-7-11-24-56-36-17-19-37-35(31-36)16-18-39-38(37)22-23-42(5)40(39)20-21-41(42)57-25-14-26-58-43(44(47,48)49,45(50,51)52)46(53,54)55/h17,19,31-34,38-41H,6-16,18,20-30H2,1-5H3. The summed E-state index contributed by atoms with van der Waals surface area (Å²) in [6.45, 7) is 10.5. The van der Waals surface area contributed by atoms with E-state index in [1.165, 1.54) is 80.4 Å². The predicted octanol–water partition coefficient (Wildman–Crippen LogP) is 15.7. The van der Waals surface area contributed by atoms with Crippen molar-refractivity contribution >= 4 is 21.6 Å². The molecule has 5 unspecified atom stereocenters. The van der Waals surface area contributed by atoms with Gasteiger partial charge < -0.3 is 14.2 Å². The minimum Gasteiger partial charge on any atom is -0.494 e. The molecule has 1 aromatic rings. The first-order valence-corrected chi connectivity index (χ1v) is 25.2. The van der Waals surface area contributed by atoms with Crippen LogP contribution in [0.25, 0.3) is 0 Å². The number of halogens is 9. The van der Waals surface area contributed by atoms with E-state index in [1.54, 1.807) is 0 Å². The van der Waals surface area contributed by atoms with Crippen molar-refractivity contribution in [2.45, 2.75) is 186 Å². The molecule has 0 amide bonds. The molecule has 60 heavy (non-hydrogen) atoms. The monoisotopic (exact) mass is 906 g/mol. The van der Waals surface area contributed by atoms with Crippen LogP contribution in [0.5, 0.6) is 5.75 Å². The second kappa shape index (κ2) is 23.3. The van der Waals surface area contributed by atoms with Gasteiger partial charge in [0.25, 0.3) is 0 Å². The lowest BCUT2D eigenvalue weighted by Gasteiger charge is -2.50. The summed E-state index contributed by atoms with van der Waals surface area (Å²) in [7, 11) is 4.05. The third-order valence-electron chi connectivity index (χ3n) is 13.4. The van der Waals surface area contributed by atoms with E-state index in [0.29, 0.717) is 30.8 Å². The van der Waals surface area contributed by atoms with Crippen LogP contribution in [0.4, 0.5) is 39.5 Å². The smallest absolute Gasteiger partial charge is 0.435 e. The van der Waals surface area contributed by atoms with Crippen LogP contribution in [0, 0.1) is 35.0 Å². The summed E-state index contributed by atoms with van der Waals surface area (Å²) >= 11 is 0. The number of hydrogen-bond acceptors (Lipinski definition) is 5. The van der Waals surface area contributed by atoms with Crippen molar-refractivity contribution < 1.29 is 53.7 Å². The molecule has 0 aliphatic heterocycles. The Kier molecular flexibility index (Phi) is 20.0. The highest BCUT2D eigenvalue weighted by Gasteiger charge is 2.85. The van der Waals surface area contributed by atoms with Gasteiger partial charge in [0.05, 0.1) is 19.3 Å². The molecule has 3 aliphatic rings. The van der Waals surface area contributed by atoms with Gasteiger partial charge in [0.1, 0.15) is 5.75 Å². The van der Waals surface area contributed by atoms with Crippen LogP contribution in [-0.2, 0) is 15.9 Å². The zero-order valence-electron chi connectivity index (χ0n) is 36.5. The molecule has 3 nitrogen and oxygen atoms in total. The number of fused-ring (bicyclic) bond motifs is 5. The van der Waals surface area contributed by atoms with Gasteiger partial charge in [0, 0.05) is 18.1 Å². The van der Waals surface area contributed by atoms with Gasteiger partial charge >= 0.3 is 24.1 Å². The fraction of sp³-hybridized carbons (Fsp3) is 0.870. The normalized spacial score (nSPS) is 23.7. The summed E-state index contributed by atoms with van der Waals surface area (Å²) in [4.78, 5) is 0. The van der Waals surface area contributed by atoms with Crippen LogP contribution in [0.1, 0.15) is 161 Å². The lowest BCUT2D eigenvalue weighted by atomic mass is 9.55. The maximum atomic E-state index is 13.2. The Bertz CT molecular complexity index is 1360. The number of benzene rings is 1. The molecule has 2 fully saturated rings. The SMILES string of the molecule is CC(C)CC(CCCCCCSSCCCCCCOc1ccc2c(c1)CCC1C2CCC2(C)C(OCCCOC(C(F)(F)F)(C(F)(F)F)C(F)(F)F)CCC12)CC(C)C. The summed E-state index contributed by atoms with van der Waals surface area (Å²) in [5.74, 6) is 6.97. The zero-order chi connectivity index (χ0) is 44.2. The Morgan fingerprint density at radius 3 is 1.88 bits per heavy atom. The van der Waals surface area contributed by atoms with Crippen LogP contribution >= 0.6 is 21.6 Å². The molecule has 0 radical (unpaired) electrons. The van der Waals surface area contributed by atoms with Gasteiger partial charge in [-0.05, 0) is 141 Å². The first kappa shape index (κ1) is 51.6. The minimum atomic E-state index is -6.73. The summed E-state index contributed by atoms with van der Waals surface area (Å²) in [5, 5.41) is 0. The lowest BCUT2D eigenvalue weighted by Crippen LogP contribution is -2.67. The molecule has 4 rings (SSSR count). The van der Waals surface area contributed by atoms with Crippen molar-refractivity contribution in [2.24, 2.45) is 35.0 Å². The van der Waals surface area contributed by atoms with E-state index in [-0.39, 0.29) is 18.1 Å². The highest BCUT2D eigenvalue weighted by molar-refractivity contribution is 8.76. The molecule has 0 aromatic heterocycles. The number of aryl methyl sites for hydroxylation is 1. The van der Waals surface area contributed by atoms with Crippen molar-refractivity contribution in [3.8, 4) is 5.75 Å². The number of hydrogen-bond donors (Lipinski definition) is 0. The lowest BCUT2D eigenvalue weighted by molar-refractivity contribution is -0.457. The Labute approximate surface area is 361 Å². The third kappa shape index (κ3) is 13.8. The van der Waals surface area contributed by atoms with Crippen LogP contribution < -0.4 is 4.74 Å². The first-order valence-electron chi connectivity index (χ1n) is 22.7. The number of unbranched alkanes of at least 4 members (excludes halogenated alkanes) is 6. The molecular formula is C46H71F9O3S2. The predicted molar refractivity (Wildman–Crippen MR) is 227 cm³/mol. The van der Waals surface area contributed by atoms with Crippen LogP contribution in [-0.4, -0.2) is 61.6 Å². The molecule has 0 spiro atoms. The van der Waals surface area contributed by atoms with Gasteiger partial charge in [-0.3, -0.25) is 0 Å². The highest BCUT2D eigenvalue weighted by atomic mass is 33.1. The average Bonchev–Trinajstić information content (AvgIpc) is 3.48. The van der Waals surface area contributed by atoms with E-state index in [1.807, 2.05) is 21.6 Å². The summed E-state index contributed by atoms with van der Waals surface area (Å²) < 4.78 is 135. The van der Waals surface area contributed by atoms with Gasteiger partial charge in [-0.1, -0.05) is 101 Å². The average molecular weight is 907 g/mol. The quantitative estimate of drug-likeness (QED) is 0.0525. The highest BCUT2D eigenvalue weighted by Crippen LogP contribution is 2.62. The maximum absolute atomic E-state index is 13.2. The van der Waals surface area contributed by atoms with Crippen molar-refractivity contribution in [3.63, 3.8) is 0 Å². The molecule has 5 atom stereocenters. The molecule has 1 aromatic carbocycles. The Morgan fingerprint density at radius 2 is 1.28 bits per heavy atom. The third-order valence-corrected chi connectivity index (χ3v) is 16.0. The van der Waals surface area contributed by atoms with Crippen molar-refractivity contribution in [1.82, 2.24) is 0 Å². The fourth-order valence-corrected chi connectivity index (χ4v) is 12.9. The van der Waals surface area contributed by atoms with Gasteiger partial charge in [0.2, 0.25) is 0 Å². The van der Waals surface area contributed by atoms with Crippen LogP contribution in [0.15, 0.2) is 18.2 Å². The van der Waals surface area contributed by atoms with Gasteiger partial charge in [0.15, 0.2) is 0 Å². The van der Waals surface area contributed by atoms with Crippen molar-refractivity contribution in [1.29, 1.82) is 0 Å². The molecule has 0 bridgehead atoms. The van der Waals surface area contributed by atoms with Gasteiger partial charge in [-0.25, -0.2) is 0 Å². The van der Waals surface area contributed by atoms with E-state index in [2.05, 4.69) is 57.6 Å². The van der Waals surface area contributed by atoms with Crippen LogP contribution in [0.2, 0.25) is 0 Å². The van der Waals surface area contributed by atoms with E-state index in [9.17, 15) is 39.5 Å². The second-order valence-corrected chi connectivity index (χ2v) is 21.6. The van der Waals surface area contributed by atoms with Gasteiger partial charge in [-0.2, -0.15) is 39.5 Å². The van der Waals surface area contributed by atoms with E-state index < -0.39 is 37.2 Å². The summed E-state index contributed by atoms with van der Waals surface area (Å²) in [6, 6.07) is 6.48. The van der Waals surface area contributed by atoms with Crippen molar-refractivity contribution in [2.75, 3.05) is 31.3 Å². The van der Waals surface area contributed by atoms with Crippen LogP contribution in [0.3, 0.4) is 0 Å². The minimum absolute atomic E-state index is 0.238. The summed E-state index contributed by atoms with van der Waals surface area (Å²) in [6.07, 6.45) is -1.59. The number of ether oxygens (including phenoxy) is 3. The molecule has 2 saturated carbocycles.